The van der Waals surface area contributed by atoms with E-state index in [0.29, 0.717) is 17.7 Å². The summed E-state index contributed by atoms with van der Waals surface area (Å²) >= 11 is 0. The SMILES string of the molecule is O=[N+]([O-])c1ccc(Cn2ccc3c(F)cccc32)o1. The summed E-state index contributed by atoms with van der Waals surface area (Å²) in [6.45, 7) is 0.320. The maximum atomic E-state index is 13.5. The molecule has 0 unspecified atom stereocenters. The molecule has 0 saturated heterocycles. The van der Waals surface area contributed by atoms with Crippen molar-refractivity contribution in [3.8, 4) is 0 Å². The van der Waals surface area contributed by atoms with Crippen LogP contribution in [0.25, 0.3) is 10.9 Å². The fourth-order valence-corrected chi connectivity index (χ4v) is 2.04. The highest BCUT2D eigenvalue weighted by Crippen LogP contribution is 2.22. The first-order chi connectivity index (χ1) is 9.15. The Balaban J connectivity index is 1.96. The number of halogens is 1. The topological polar surface area (TPSA) is 61.2 Å². The molecule has 3 rings (SSSR count). The normalized spacial score (nSPS) is 11.0. The van der Waals surface area contributed by atoms with E-state index in [0.717, 1.165) is 5.52 Å². The van der Waals surface area contributed by atoms with Gasteiger partial charge in [-0.1, -0.05) is 6.07 Å². The van der Waals surface area contributed by atoms with Gasteiger partial charge in [-0.2, -0.15) is 0 Å². The lowest BCUT2D eigenvalue weighted by atomic mass is 10.2. The lowest BCUT2D eigenvalue weighted by Crippen LogP contribution is -1.96. The molecule has 19 heavy (non-hydrogen) atoms. The molecule has 2 heterocycles. The minimum Gasteiger partial charge on any atom is -0.404 e. The first-order valence-electron chi connectivity index (χ1n) is 5.61. The lowest BCUT2D eigenvalue weighted by Gasteiger charge is -2.02. The number of furan rings is 1. The number of nitro groups is 1. The number of aromatic nitrogens is 1. The molecule has 0 aliphatic carbocycles. The Kier molecular flexibility index (Phi) is 2.56. The molecule has 0 spiro atoms. The van der Waals surface area contributed by atoms with Crippen molar-refractivity contribution in [2.75, 3.05) is 0 Å². The van der Waals surface area contributed by atoms with Crippen LogP contribution in [0.1, 0.15) is 5.76 Å². The van der Waals surface area contributed by atoms with Crippen LogP contribution in [0.15, 0.2) is 47.0 Å². The zero-order valence-electron chi connectivity index (χ0n) is 9.75. The molecule has 6 heteroatoms. The highest BCUT2D eigenvalue weighted by atomic mass is 19.1. The van der Waals surface area contributed by atoms with E-state index in [2.05, 4.69) is 0 Å². The van der Waals surface area contributed by atoms with Gasteiger partial charge in [-0.3, -0.25) is 10.1 Å². The quantitative estimate of drug-likeness (QED) is 0.536. The molecule has 96 valence electrons. The third-order valence-electron chi connectivity index (χ3n) is 2.91. The van der Waals surface area contributed by atoms with Crippen molar-refractivity contribution in [1.29, 1.82) is 0 Å². The molecule has 0 aliphatic heterocycles. The molecule has 2 aromatic heterocycles. The third kappa shape index (κ3) is 1.97. The third-order valence-corrected chi connectivity index (χ3v) is 2.91. The summed E-state index contributed by atoms with van der Waals surface area (Å²) in [4.78, 5) is 9.94. The van der Waals surface area contributed by atoms with E-state index in [1.807, 2.05) is 0 Å². The first kappa shape index (κ1) is 11.5. The predicted octanol–water partition coefficient (Wildman–Crippen LogP) is 3.33. The van der Waals surface area contributed by atoms with Crippen LogP contribution in [0.2, 0.25) is 0 Å². The fraction of sp³-hybridized carbons (Fsp3) is 0.0769. The molecule has 0 bridgehead atoms. The molecule has 0 aliphatic rings. The van der Waals surface area contributed by atoms with E-state index >= 15 is 0 Å². The van der Waals surface area contributed by atoms with Gasteiger partial charge in [-0.15, -0.1) is 0 Å². The van der Waals surface area contributed by atoms with Crippen LogP contribution in [-0.4, -0.2) is 9.49 Å². The van der Waals surface area contributed by atoms with Gasteiger partial charge >= 0.3 is 5.88 Å². The second-order valence-corrected chi connectivity index (χ2v) is 4.11. The predicted molar refractivity (Wildman–Crippen MR) is 66.4 cm³/mol. The van der Waals surface area contributed by atoms with Crippen LogP contribution in [0, 0.1) is 15.9 Å². The molecule has 1 aromatic carbocycles. The number of benzene rings is 1. The van der Waals surface area contributed by atoms with Gasteiger partial charge in [0.15, 0.2) is 0 Å². The average Bonchev–Trinajstić information content (AvgIpc) is 2.98. The van der Waals surface area contributed by atoms with Crippen LogP contribution in [-0.2, 0) is 6.54 Å². The zero-order valence-corrected chi connectivity index (χ0v) is 9.75. The summed E-state index contributed by atoms with van der Waals surface area (Å²) in [5, 5.41) is 11.0. The smallest absolute Gasteiger partial charge is 0.404 e. The van der Waals surface area contributed by atoms with E-state index in [1.54, 1.807) is 35.0 Å². The summed E-state index contributed by atoms with van der Waals surface area (Å²) in [5.74, 6) is -0.132. The fourth-order valence-electron chi connectivity index (χ4n) is 2.04. The number of rotatable bonds is 3. The minimum absolute atomic E-state index is 0.290. The van der Waals surface area contributed by atoms with Crippen LogP contribution in [0.5, 0.6) is 0 Å². The van der Waals surface area contributed by atoms with Gasteiger partial charge in [0, 0.05) is 11.6 Å². The summed E-state index contributed by atoms with van der Waals surface area (Å²) in [5.41, 5.74) is 0.721. The van der Waals surface area contributed by atoms with Crippen molar-refractivity contribution in [3.63, 3.8) is 0 Å². The number of nitrogens with zero attached hydrogens (tertiary/aromatic N) is 2. The molecule has 0 radical (unpaired) electrons. The van der Waals surface area contributed by atoms with E-state index in [9.17, 15) is 14.5 Å². The summed E-state index contributed by atoms with van der Waals surface area (Å²) in [6, 6.07) is 9.33. The largest absolute Gasteiger partial charge is 0.433 e. The molecular weight excluding hydrogens is 251 g/mol. The van der Waals surface area contributed by atoms with E-state index < -0.39 is 4.92 Å². The second-order valence-electron chi connectivity index (χ2n) is 4.11. The Morgan fingerprint density at radius 2 is 2.11 bits per heavy atom. The highest BCUT2D eigenvalue weighted by Gasteiger charge is 2.13. The Morgan fingerprint density at radius 1 is 1.26 bits per heavy atom. The van der Waals surface area contributed by atoms with Crippen molar-refractivity contribution >= 4 is 16.8 Å². The number of hydrogen-bond acceptors (Lipinski definition) is 3. The summed E-state index contributed by atoms with van der Waals surface area (Å²) in [6.07, 6.45) is 1.72. The van der Waals surface area contributed by atoms with Gasteiger partial charge in [0.05, 0.1) is 18.1 Å². The van der Waals surface area contributed by atoms with Crippen molar-refractivity contribution in [2.45, 2.75) is 6.54 Å². The van der Waals surface area contributed by atoms with E-state index in [-0.39, 0.29) is 11.7 Å². The van der Waals surface area contributed by atoms with Gasteiger partial charge < -0.3 is 8.98 Å². The molecule has 0 N–H and O–H groups in total. The molecule has 0 atom stereocenters. The number of hydrogen-bond donors (Lipinski definition) is 0. The van der Waals surface area contributed by atoms with Gasteiger partial charge in [-0.25, -0.2) is 4.39 Å². The maximum absolute atomic E-state index is 13.5. The van der Waals surface area contributed by atoms with Gasteiger partial charge in [0.2, 0.25) is 0 Å². The second kappa shape index (κ2) is 4.24. The summed E-state index contributed by atoms with van der Waals surface area (Å²) < 4.78 is 20.4. The number of fused-ring (bicyclic) bond motifs is 1. The van der Waals surface area contributed by atoms with E-state index in [4.69, 9.17) is 4.42 Å². The Labute approximate surface area is 107 Å². The van der Waals surface area contributed by atoms with E-state index in [1.165, 1.54) is 12.1 Å². The summed E-state index contributed by atoms with van der Waals surface area (Å²) in [7, 11) is 0. The lowest BCUT2D eigenvalue weighted by molar-refractivity contribution is -0.402. The van der Waals surface area contributed by atoms with Crippen molar-refractivity contribution in [1.82, 2.24) is 4.57 Å². The Hall–Kier alpha value is -2.63. The van der Waals surface area contributed by atoms with Crippen LogP contribution in [0.3, 0.4) is 0 Å². The van der Waals surface area contributed by atoms with Crippen molar-refractivity contribution in [2.24, 2.45) is 0 Å². The minimum atomic E-state index is -0.586. The monoisotopic (exact) mass is 260 g/mol. The first-order valence-corrected chi connectivity index (χ1v) is 5.61. The van der Waals surface area contributed by atoms with Crippen molar-refractivity contribution in [3.05, 3.63) is 64.3 Å². The molecule has 0 fully saturated rings. The molecular formula is C13H9FN2O3. The van der Waals surface area contributed by atoms with Crippen LogP contribution in [0.4, 0.5) is 10.3 Å². The van der Waals surface area contributed by atoms with Crippen LogP contribution >= 0.6 is 0 Å². The highest BCUT2D eigenvalue weighted by molar-refractivity contribution is 5.80. The van der Waals surface area contributed by atoms with Gasteiger partial charge in [-0.05, 0) is 24.3 Å². The average molecular weight is 260 g/mol. The Morgan fingerprint density at radius 3 is 2.84 bits per heavy atom. The van der Waals surface area contributed by atoms with Crippen molar-refractivity contribution < 1.29 is 13.7 Å². The van der Waals surface area contributed by atoms with Gasteiger partial charge in [0.1, 0.15) is 16.5 Å². The van der Waals surface area contributed by atoms with Crippen LogP contribution < -0.4 is 0 Å². The zero-order chi connectivity index (χ0) is 13.4. The molecule has 0 saturated carbocycles. The molecule has 0 amide bonds. The standard InChI is InChI=1S/C13H9FN2O3/c14-11-2-1-3-12-10(11)6-7-15(12)8-9-4-5-13(19-9)16(17)18/h1-7H,8H2. The molecule has 3 aromatic rings. The van der Waals surface area contributed by atoms with Gasteiger partial charge in [0.25, 0.3) is 0 Å². The Bertz CT molecular complexity index is 760. The molecule has 5 nitrogen and oxygen atoms in total. The maximum Gasteiger partial charge on any atom is 0.433 e.